The molecule has 3 rings (SSSR count). The summed E-state index contributed by atoms with van der Waals surface area (Å²) in [6, 6.07) is 24.6. The molecule has 0 unspecified atom stereocenters. The molecule has 0 aliphatic carbocycles. The smallest absolute Gasteiger partial charge is 0.262 e. The van der Waals surface area contributed by atoms with E-state index in [0.29, 0.717) is 24.5 Å². The van der Waals surface area contributed by atoms with Crippen LogP contribution in [-0.4, -0.2) is 5.91 Å². The summed E-state index contributed by atoms with van der Waals surface area (Å²) >= 11 is 0. The molecule has 0 radical (unpaired) electrons. The Hall–Kier alpha value is -3.91. The van der Waals surface area contributed by atoms with Crippen LogP contribution < -0.4 is 10.1 Å². The Bertz CT molecular complexity index is 1020. The van der Waals surface area contributed by atoms with Gasteiger partial charge in [0.2, 0.25) is 0 Å². The average Bonchev–Trinajstić information content (AvgIpc) is 2.77. The fourth-order valence-electron chi connectivity index (χ4n) is 2.60. The van der Waals surface area contributed by atoms with E-state index in [1.54, 1.807) is 36.4 Å². The maximum absolute atomic E-state index is 12.9. The number of nitriles is 1. The SMILES string of the molecule is N#C/C(=C/c1ccc(OCc2ccc(F)cc2)cc1)C(=O)NCc1ccccc1. The van der Waals surface area contributed by atoms with Gasteiger partial charge in [-0.25, -0.2) is 4.39 Å². The van der Waals surface area contributed by atoms with E-state index in [2.05, 4.69) is 5.32 Å². The van der Waals surface area contributed by atoms with Gasteiger partial charge >= 0.3 is 0 Å². The lowest BCUT2D eigenvalue weighted by molar-refractivity contribution is -0.117. The van der Waals surface area contributed by atoms with Gasteiger partial charge in [-0.2, -0.15) is 5.26 Å². The van der Waals surface area contributed by atoms with E-state index in [1.807, 2.05) is 36.4 Å². The number of halogens is 1. The first-order chi connectivity index (χ1) is 14.1. The molecule has 0 bridgehead atoms. The lowest BCUT2D eigenvalue weighted by Crippen LogP contribution is -2.23. The predicted octanol–water partition coefficient (Wildman–Crippen LogP) is 4.63. The zero-order chi connectivity index (χ0) is 20.5. The summed E-state index contributed by atoms with van der Waals surface area (Å²) in [5.41, 5.74) is 2.56. The van der Waals surface area contributed by atoms with Gasteiger partial charge in [0.05, 0.1) is 0 Å². The Labute approximate surface area is 168 Å². The second kappa shape index (κ2) is 9.86. The number of rotatable bonds is 7. The van der Waals surface area contributed by atoms with Gasteiger partial charge in [0.1, 0.15) is 29.8 Å². The van der Waals surface area contributed by atoms with Crippen LogP contribution in [0, 0.1) is 17.1 Å². The topological polar surface area (TPSA) is 62.1 Å². The summed E-state index contributed by atoms with van der Waals surface area (Å²) in [4.78, 5) is 12.2. The Morgan fingerprint density at radius 2 is 1.66 bits per heavy atom. The van der Waals surface area contributed by atoms with Gasteiger partial charge in [0, 0.05) is 6.54 Å². The highest BCUT2D eigenvalue weighted by atomic mass is 19.1. The van der Waals surface area contributed by atoms with Gasteiger partial charge in [-0.3, -0.25) is 4.79 Å². The minimum Gasteiger partial charge on any atom is -0.489 e. The van der Waals surface area contributed by atoms with Crippen LogP contribution in [0.2, 0.25) is 0 Å². The molecule has 1 amide bonds. The molecule has 0 aromatic heterocycles. The van der Waals surface area contributed by atoms with Gasteiger partial charge in [0.15, 0.2) is 0 Å². The van der Waals surface area contributed by atoms with E-state index in [9.17, 15) is 14.4 Å². The first-order valence-electron chi connectivity index (χ1n) is 9.05. The third kappa shape index (κ3) is 6.05. The first-order valence-corrected chi connectivity index (χ1v) is 9.05. The minimum atomic E-state index is -0.423. The minimum absolute atomic E-state index is 0.0286. The summed E-state index contributed by atoms with van der Waals surface area (Å²) in [5, 5.41) is 12.1. The molecule has 0 saturated heterocycles. The fraction of sp³-hybridized carbons (Fsp3) is 0.0833. The molecule has 0 atom stereocenters. The Morgan fingerprint density at radius 3 is 2.31 bits per heavy atom. The van der Waals surface area contributed by atoms with Gasteiger partial charge in [-0.05, 0) is 47.0 Å². The maximum Gasteiger partial charge on any atom is 0.262 e. The number of nitrogens with one attached hydrogen (secondary N) is 1. The summed E-state index contributed by atoms with van der Waals surface area (Å²) in [6.45, 7) is 0.676. The summed E-state index contributed by atoms with van der Waals surface area (Å²) in [7, 11) is 0. The molecule has 0 saturated carbocycles. The number of carbonyl (C=O) groups excluding carboxylic acids is 1. The van der Waals surface area contributed by atoms with Crippen molar-refractivity contribution in [2.24, 2.45) is 0 Å². The average molecular weight is 386 g/mol. The van der Waals surface area contributed by atoms with Crippen molar-refractivity contribution < 1.29 is 13.9 Å². The normalized spacial score (nSPS) is 10.8. The number of hydrogen-bond donors (Lipinski definition) is 1. The number of amides is 1. The van der Waals surface area contributed by atoms with Crippen molar-refractivity contribution in [1.82, 2.24) is 5.32 Å². The summed E-state index contributed by atoms with van der Waals surface area (Å²) < 4.78 is 18.6. The third-order valence-electron chi connectivity index (χ3n) is 4.17. The largest absolute Gasteiger partial charge is 0.489 e. The number of benzene rings is 3. The summed E-state index contributed by atoms with van der Waals surface area (Å²) in [6.07, 6.45) is 1.53. The third-order valence-corrected chi connectivity index (χ3v) is 4.17. The molecule has 3 aromatic rings. The molecule has 0 spiro atoms. The van der Waals surface area contributed by atoms with Crippen LogP contribution in [0.5, 0.6) is 5.75 Å². The quantitative estimate of drug-likeness (QED) is 0.476. The lowest BCUT2D eigenvalue weighted by atomic mass is 10.1. The van der Waals surface area contributed by atoms with E-state index in [-0.39, 0.29) is 11.4 Å². The number of ether oxygens (including phenoxy) is 1. The molecule has 29 heavy (non-hydrogen) atoms. The molecule has 144 valence electrons. The van der Waals surface area contributed by atoms with Crippen molar-refractivity contribution in [2.75, 3.05) is 0 Å². The van der Waals surface area contributed by atoms with E-state index < -0.39 is 5.91 Å². The number of hydrogen-bond acceptors (Lipinski definition) is 3. The van der Waals surface area contributed by atoms with E-state index in [0.717, 1.165) is 11.1 Å². The fourth-order valence-corrected chi connectivity index (χ4v) is 2.60. The molecule has 0 aliphatic heterocycles. The maximum atomic E-state index is 12.9. The second-order valence-corrected chi connectivity index (χ2v) is 6.32. The highest BCUT2D eigenvalue weighted by Gasteiger charge is 2.08. The number of carbonyl (C=O) groups is 1. The molecular weight excluding hydrogens is 367 g/mol. The van der Waals surface area contributed by atoms with Crippen LogP contribution in [-0.2, 0) is 17.9 Å². The standard InChI is InChI=1S/C24H19FN2O2/c25-22-10-6-20(7-11-22)17-29-23-12-8-18(9-13-23)14-21(15-26)24(28)27-16-19-4-2-1-3-5-19/h1-14H,16-17H2,(H,27,28)/b21-14-. The van der Waals surface area contributed by atoms with Crippen molar-refractivity contribution in [3.05, 3.63) is 107 Å². The zero-order valence-electron chi connectivity index (χ0n) is 15.6. The van der Waals surface area contributed by atoms with Crippen LogP contribution in [0.3, 0.4) is 0 Å². The zero-order valence-corrected chi connectivity index (χ0v) is 15.6. The first kappa shape index (κ1) is 19.8. The van der Waals surface area contributed by atoms with Gasteiger partial charge in [0.25, 0.3) is 5.91 Å². The van der Waals surface area contributed by atoms with Crippen molar-refractivity contribution >= 4 is 12.0 Å². The van der Waals surface area contributed by atoms with Crippen LogP contribution in [0.4, 0.5) is 4.39 Å². The molecule has 0 heterocycles. The molecule has 0 aliphatic rings. The van der Waals surface area contributed by atoms with Crippen LogP contribution >= 0.6 is 0 Å². The van der Waals surface area contributed by atoms with Gasteiger partial charge in [-0.15, -0.1) is 0 Å². The summed E-state index contributed by atoms with van der Waals surface area (Å²) in [5.74, 6) is -0.0718. The van der Waals surface area contributed by atoms with E-state index in [4.69, 9.17) is 4.74 Å². The molecule has 4 nitrogen and oxygen atoms in total. The van der Waals surface area contributed by atoms with Crippen molar-refractivity contribution in [2.45, 2.75) is 13.2 Å². The predicted molar refractivity (Wildman–Crippen MR) is 109 cm³/mol. The van der Waals surface area contributed by atoms with Crippen molar-refractivity contribution in [3.8, 4) is 11.8 Å². The Balaban J connectivity index is 1.58. The molecular formula is C24H19FN2O2. The van der Waals surface area contributed by atoms with Crippen molar-refractivity contribution in [3.63, 3.8) is 0 Å². The van der Waals surface area contributed by atoms with Crippen molar-refractivity contribution in [1.29, 1.82) is 5.26 Å². The van der Waals surface area contributed by atoms with Crippen LogP contribution in [0.15, 0.2) is 84.4 Å². The highest BCUT2D eigenvalue weighted by Crippen LogP contribution is 2.16. The van der Waals surface area contributed by atoms with Crippen LogP contribution in [0.25, 0.3) is 6.08 Å². The monoisotopic (exact) mass is 386 g/mol. The highest BCUT2D eigenvalue weighted by molar-refractivity contribution is 6.01. The van der Waals surface area contributed by atoms with Gasteiger partial charge < -0.3 is 10.1 Å². The van der Waals surface area contributed by atoms with E-state index in [1.165, 1.54) is 18.2 Å². The molecule has 3 aromatic carbocycles. The van der Waals surface area contributed by atoms with E-state index >= 15 is 0 Å². The Morgan fingerprint density at radius 1 is 0.966 bits per heavy atom. The second-order valence-electron chi connectivity index (χ2n) is 6.32. The molecule has 5 heteroatoms. The number of nitrogens with zero attached hydrogens (tertiary/aromatic N) is 1. The molecule has 0 fully saturated rings. The van der Waals surface area contributed by atoms with Gasteiger partial charge in [-0.1, -0.05) is 54.6 Å². The Kier molecular flexibility index (Phi) is 6.75. The molecule has 1 N–H and O–H groups in total. The lowest BCUT2D eigenvalue weighted by Gasteiger charge is -2.07. The van der Waals surface area contributed by atoms with Crippen LogP contribution in [0.1, 0.15) is 16.7 Å².